The van der Waals surface area contributed by atoms with Gasteiger partial charge in [-0.2, -0.15) is 13.2 Å². The normalized spacial score (nSPS) is 11.1. The maximum atomic E-state index is 12.7. The van der Waals surface area contributed by atoms with Gasteiger partial charge >= 0.3 is 6.18 Å². The second-order valence-electron chi connectivity index (χ2n) is 5.93. The van der Waals surface area contributed by atoms with Crippen LogP contribution >= 0.6 is 0 Å². The van der Waals surface area contributed by atoms with Gasteiger partial charge in [-0.3, -0.25) is 9.59 Å². The van der Waals surface area contributed by atoms with Crippen molar-refractivity contribution in [1.29, 1.82) is 0 Å². The number of hydrogen-bond donors (Lipinski definition) is 1. The molecule has 0 saturated heterocycles. The maximum absolute atomic E-state index is 12.7. The number of nitrogens with one attached hydrogen (secondary N) is 1. The van der Waals surface area contributed by atoms with Crippen molar-refractivity contribution in [3.8, 4) is 5.75 Å². The van der Waals surface area contributed by atoms with Crippen LogP contribution in [0.15, 0.2) is 36.4 Å². The standard InChI is InChI=1S/C19H20F3N3O3/c1-4-25(11-17(26)24-13-6-5-7-14(10-13)28-3)18(27)15-8-9-16(19(20,21)22)23-12(15)2/h5-10H,4,11H2,1-3H3,(H,24,26). The molecule has 2 aromatic rings. The van der Waals surface area contributed by atoms with Gasteiger partial charge in [0.05, 0.1) is 18.4 Å². The molecule has 2 rings (SSSR count). The van der Waals surface area contributed by atoms with E-state index < -0.39 is 23.7 Å². The number of likely N-dealkylation sites (N-methyl/N-ethyl adjacent to an activating group) is 1. The van der Waals surface area contributed by atoms with E-state index in [1.54, 1.807) is 31.2 Å². The molecule has 1 aromatic heterocycles. The van der Waals surface area contributed by atoms with Crippen LogP contribution in [0.2, 0.25) is 0 Å². The summed E-state index contributed by atoms with van der Waals surface area (Å²) >= 11 is 0. The van der Waals surface area contributed by atoms with Crippen LogP contribution in [0.25, 0.3) is 0 Å². The summed E-state index contributed by atoms with van der Waals surface area (Å²) in [5.41, 5.74) is -0.601. The van der Waals surface area contributed by atoms with Crippen LogP contribution in [0.1, 0.15) is 28.7 Å². The molecule has 150 valence electrons. The monoisotopic (exact) mass is 395 g/mol. The molecule has 1 N–H and O–H groups in total. The van der Waals surface area contributed by atoms with Gasteiger partial charge in [-0.15, -0.1) is 0 Å². The minimum atomic E-state index is -4.59. The highest BCUT2D eigenvalue weighted by atomic mass is 19.4. The lowest BCUT2D eigenvalue weighted by Crippen LogP contribution is -2.38. The Bertz CT molecular complexity index is 869. The number of benzene rings is 1. The number of methoxy groups -OCH3 is 1. The molecule has 2 amide bonds. The minimum absolute atomic E-state index is 0.0176. The lowest BCUT2D eigenvalue weighted by atomic mass is 10.1. The number of pyridine rings is 1. The summed E-state index contributed by atoms with van der Waals surface area (Å²) in [7, 11) is 1.50. The predicted molar refractivity (Wildman–Crippen MR) is 97.2 cm³/mol. The quantitative estimate of drug-likeness (QED) is 0.813. The fourth-order valence-corrected chi connectivity index (χ4v) is 2.52. The van der Waals surface area contributed by atoms with Gasteiger partial charge in [-0.25, -0.2) is 4.98 Å². The maximum Gasteiger partial charge on any atom is 0.433 e. The lowest BCUT2D eigenvalue weighted by Gasteiger charge is -2.21. The summed E-state index contributed by atoms with van der Waals surface area (Å²) in [6, 6.07) is 8.55. The summed E-state index contributed by atoms with van der Waals surface area (Å²) in [6.07, 6.45) is -4.59. The summed E-state index contributed by atoms with van der Waals surface area (Å²) in [5, 5.41) is 2.65. The number of amides is 2. The molecule has 6 nitrogen and oxygen atoms in total. The second kappa shape index (κ2) is 8.73. The van der Waals surface area contributed by atoms with E-state index in [4.69, 9.17) is 4.74 Å². The van der Waals surface area contributed by atoms with E-state index in [1.807, 2.05) is 0 Å². The highest BCUT2D eigenvalue weighted by molar-refractivity contribution is 6.00. The van der Waals surface area contributed by atoms with E-state index in [9.17, 15) is 22.8 Å². The Morgan fingerprint density at radius 2 is 1.93 bits per heavy atom. The molecule has 1 aromatic carbocycles. The molecule has 0 spiro atoms. The Kier molecular flexibility index (Phi) is 6.61. The van der Waals surface area contributed by atoms with Gasteiger partial charge in [0.1, 0.15) is 18.0 Å². The van der Waals surface area contributed by atoms with Crippen LogP contribution in [0.4, 0.5) is 18.9 Å². The Morgan fingerprint density at radius 3 is 2.50 bits per heavy atom. The molecule has 0 atom stereocenters. The lowest BCUT2D eigenvalue weighted by molar-refractivity contribution is -0.141. The minimum Gasteiger partial charge on any atom is -0.497 e. The van der Waals surface area contributed by atoms with E-state index in [2.05, 4.69) is 10.3 Å². The number of hydrogen-bond acceptors (Lipinski definition) is 4. The largest absolute Gasteiger partial charge is 0.497 e. The molecule has 0 saturated carbocycles. The van der Waals surface area contributed by atoms with Crippen molar-refractivity contribution in [3.05, 3.63) is 53.3 Å². The smallest absolute Gasteiger partial charge is 0.433 e. The number of alkyl halides is 3. The number of aryl methyl sites for hydroxylation is 1. The van der Waals surface area contributed by atoms with E-state index in [0.29, 0.717) is 11.4 Å². The SMILES string of the molecule is CCN(CC(=O)Nc1cccc(OC)c1)C(=O)c1ccc(C(F)(F)F)nc1C. The number of ether oxygens (including phenoxy) is 1. The van der Waals surface area contributed by atoms with E-state index in [-0.39, 0.29) is 24.3 Å². The fourth-order valence-electron chi connectivity index (χ4n) is 2.52. The molecule has 0 bridgehead atoms. The number of aromatic nitrogens is 1. The van der Waals surface area contributed by atoms with Crippen molar-refractivity contribution >= 4 is 17.5 Å². The van der Waals surface area contributed by atoms with Crippen LogP contribution in [0, 0.1) is 6.92 Å². The average Bonchev–Trinajstić information content (AvgIpc) is 2.64. The molecule has 0 fully saturated rings. The van der Waals surface area contributed by atoms with Crippen molar-refractivity contribution in [3.63, 3.8) is 0 Å². The predicted octanol–water partition coefficient (Wildman–Crippen LogP) is 3.52. The van der Waals surface area contributed by atoms with Crippen LogP contribution in [0.5, 0.6) is 5.75 Å². The highest BCUT2D eigenvalue weighted by Gasteiger charge is 2.33. The molecule has 28 heavy (non-hydrogen) atoms. The van der Waals surface area contributed by atoms with Gasteiger partial charge < -0.3 is 15.0 Å². The molecular weight excluding hydrogens is 375 g/mol. The molecule has 0 aliphatic rings. The van der Waals surface area contributed by atoms with Crippen molar-refractivity contribution in [2.45, 2.75) is 20.0 Å². The van der Waals surface area contributed by atoms with Crippen molar-refractivity contribution in [2.75, 3.05) is 25.5 Å². The molecular formula is C19H20F3N3O3. The molecule has 0 aliphatic carbocycles. The molecule has 1 heterocycles. The van der Waals surface area contributed by atoms with Crippen LogP contribution < -0.4 is 10.1 Å². The first-order valence-electron chi connectivity index (χ1n) is 8.43. The van der Waals surface area contributed by atoms with Crippen molar-refractivity contribution in [2.24, 2.45) is 0 Å². The first-order chi connectivity index (χ1) is 13.2. The third-order valence-corrected chi connectivity index (χ3v) is 3.96. The van der Waals surface area contributed by atoms with E-state index in [1.165, 1.54) is 18.9 Å². The summed E-state index contributed by atoms with van der Waals surface area (Å²) in [4.78, 5) is 29.6. The zero-order chi connectivity index (χ0) is 20.9. The number of carbonyl (C=O) groups excluding carboxylic acids is 2. The molecule has 0 radical (unpaired) electrons. The number of anilines is 1. The number of halogens is 3. The van der Waals surface area contributed by atoms with Gasteiger partial charge in [0, 0.05) is 18.3 Å². The zero-order valence-corrected chi connectivity index (χ0v) is 15.6. The zero-order valence-electron chi connectivity index (χ0n) is 15.6. The third-order valence-electron chi connectivity index (χ3n) is 3.96. The van der Waals surface area contributed by atoms with Gasteiger partial charge in [0.2, 0.25) is 5.91 Å². The first-order valence-corrected chi connectivity index (χ1v) is 8.43. The van der Waals surface area contributed by atoms with Crippen LogP contribution in [-0.2, 0) is 11.0 Å². The summed E-state index contributed by atoms with van der Waals surface area (Å²) in [5.74, 6) is -0.448. The molecule has 0 aliphatic heterocycles. The topological polar surface area (TPSA) is 71.5 Å². The van der Waals surface area contributed by atoms with Crippen LogP contribution in [-0.4, -0.2) is 41.9 Å². The van der Waals surface area contributed by atoms with E-state index in [0.717, 1.165) is 12.1 Å². The third kappa shape index (κ3) is 5.21. The molecule has 9 heteroatoms. The fraction of sp³-hybridized carbons (Fsp3) is 0.316. The summed E-state index contributed by atoms with van der Waals surface area (Å²) < 4.78 is 43.3. The van der Waals surface area contributed by atoms with Gasteiger partial charge in [-0.1, -0.05) is 6.07 Å². The summed E-state index contributed by atoms with van der Waals surface area (Å²) in [6.45, 7) is 2.94. The Morgan fingerprint density at radius 1 is 1.21 bits per heavy atom. The Labute approximate surface area is 160 Å². The first kappa shape index (κ1) is 21.2. The average molecular weight is 395 g/mol. The number of rotatable bonds is 6. The number of nitrogens with zero attached hydrogens (tertiary/aromatic N) is 2. The van der Waals surface area contributed by atoms with Crippen molar-refractivity contribution < 1.29 is 27.5 Å². The Hall–Kier alpha value is -3.10. The van der Waals surface area contributed by atoms with E-state index >= 15 is 0 Å². The number of carbonyl (C=O) groups is 2. The van der Waals surface area contributed by atoms with Gasteiger partial charge in [0.15, 0.2) is 0 Å². The van der Waals surface area contributed by atoms with Gasteiger partial charge in [0.25, 0.3) is 5.91 Å². The molecule has 0 unspecified atom stereocenters. The Balaban J connectivity index is 2.11. The highest BCUT2D eigenvalue weighted by Crippen LogP contribution is 2.28. The van der Waals surface area contributed by atoms with Crippen LogP contribution in [0.3, 0.4) is 0 Å². The van der Waals surface area contributed by atoms with Crippen molar-refractivity contribution in [1.82, 2.24) is 9.88 Å². The van der Waals surface area contributed by atoms with Gasteiger partial charge in [-0.05, 0) is 38.1 Å². The second-order valence-corrected chi connectivity index (χ2v) is 5.93.